The summed E-state index contributed by atoms with van der Waals surface area (Å²) in [7, 11) is 3.45. The van der Waals surface area contributed by atoms with Crippen LogP contribution in [0.15, 0.2) is 18.2 Å². The van der Waals surface area contributed by atoms with Crippen LogP contribution in [0.2, 0.25) is 0 Å². The second kappa shape index (κ2) is 8.22. The van der Waals surface area contributed by atoms with E-state index in [4.69, 9.17) is 14.2 Å². The van der Waals surface area contributed by atoms with E-state index in [1.165, 1.54) is 0 Å². The van der Waals surface area contributed by atoms with Gasteiger partial charge in [-0.1, -0.05) is 12.1 Å². The summed E-state index contributed by atoms with van der Waals surface area (Å²) in [6.45, 7) is 5.46. The first-order valence-corrected chi connectivity index (χ1v) is 10.0. The molecule has 8 heteroatoms. The molecule has 0 spiro atoms. The van der Waals surface area contributed by atoms with Crippen molar-refractivity contribution < 1.29 is 19.0 Å². The lowest BCUT2D eigenvalue weighted by atomic mass is 10.00. The van der Waals surface area contributed by atoms with Crippen LogP contribution in [-0.2, 0) is 24.8 Å². The van der Waals surface area contributed by atoms with E-state index in [1.54, 1.807) is 11.8 Å². The van der Waals surface area contributed by atoms with Crippen molar-refractivity contribution in [3.05, 3.63) is 40.6 Å². The Morgan fingerprint density at radius 3 is 2.87 bits per heavy atom. The average molecular weight is 410 g/mol. The Kier molecular flexibility index (Phi) is 5.48. The Balaban J connectivity index is 1.45. The molecule has 1 N–H and O–H groups in total. The first-order valence-electron chi connectivity index (χ1n) is 10.0. The summed E-state index contributed by atoms with van der Waals surface area (Å²) in [6.07, 6.45) is 0.959. The number of aromatic nitrogens is 3. The SMILES string of the molecule is COc1nn(C)c2nc(C)c(CCC(=O)NCc3cccc4c3OCCO4)c(C)c12. The molecule has 0 saturated heterocycles. The minimum absolute atomic E-state index is 0.0265. The first-order chi connectivity index (χ1) is 14.5. The quantitative estimate of drug-likeness (QED) is 0.672. The van der Waals surface area contributed by atoms with Gasteiger partial charge in [0.2, 0.25) is 11.8 Å². The number of nitrogens with zero attached hydrogens (tertiary/aromatic N) is 3. The molecule has 0 atom stereocenters. The smallest absolute Gasteiger partial charge is 0.242 e. The second-order valence-electron chi connectivity index (χ2n) is 7.35. The fourth-order valence-electron chi connectivity index (χ4n) is 3.90. The maximum Gasteiger partial charge on any atom is 0.242 e. The molecular formula is C22H26N4O4. The van der Waals surface area contributed by atoms with Crippen molar-refractivity contribution in [3.63, 3.8) is 0 Å². The van der Waals surface area contributed by atoms with E-state index in [9.17, 15) is 4.79 Å². The lowest BCUT2D eigenvalue weighted by Gasteiger charge is -2.21. The Hall–Kier alpha value is -3.29. The second-order valence-corrected chi connectivity index (χ2v) is 7.35. The predicted molar refractivity (Wildman–Crippen MR) is 112 cm³/mol. The molecule has 30 heavy (non-hydrogen) atoms. The third kappa shape index (κ3) is 3.65. The number of fused-ring (bicyclic) bond motifs is 2. The number of hydrogen-bond acceptors (Lipinski definition) is 6. The molecular weight excluding hydrogens is 384 g/mol. The van der Waals surface area contributed by atoms with Crippen LogP contribution in [0.3, 0.4) is 0 Å². The zero-order valence-corrected chi connectivity index (χ0v) is 17.7. The monoisotopic (exact) mass is 410 g/mol. The van der Waals surface area contributed by atoms with Gasteiger partial charge in [0.25, 0.3) is 0 Å². The third-order valence-corrected chi connectivity index (χ3v) is 5.44. The number of aryl methyl sites for hydroxylation is 3. The third-order valence-electron chi connectivity index (χ3n) is 5.44. The van der Waals surface area contributed by atoms with Crippen molar-refractivity contribution in [2.45, 2.75) is 33.2 Å². The number of pyridine rings is 1. The molecule has 4 rings (SSSR count). The van der Waals surface area contributed by atoms with Gasteiger partial charge in [-0.15, -0.1) is 5.10 Å². The number of methoxy groups -OCH3 is 1. The molecule has 3 heterocycles. The van der Waals surface area contributed by atoms with Crippen LogP contribution in [0.25, 0.3) is 11.0 Å². The molecule has 1 aliphatic heterocycles. The van der Waals surface area contributed by atoms with E-state index < -0.39 is 0 Å². The van der Waals surface area contributed by atoms with Crippen LogP contribution in [0.1, 0.15) is 28.8 Å². The highest BCUT2D eigenvalue weighted by Crippen LogP contribution is 2.33. The van der Waals surface area contributed by atoms with Gasteiger partial charge in [-0.3, -0.25) is 4.79 Å². The normalized spacial score (nSPS) is 12.8. The average Bonchev–Trinajstić information content (AvgIpc) is 3.07. The lowest BCUT2D eigenvalue weighted by Crippen LogP contribution is -2.24. The van der Waals surface area contributed by atoms with E-state index in [1.807, 2.05) is 39.1 Å². The zero-order chi connectivity index (χ0) is 21.3. The van der Waals surface area contributed by atoms with Crippen molar-refractivity contribution in [1.29, 1.82) is 0 Å². The number of rotatable bonds is 6. The summed E-state index contributed by atoms with van der Waals surface area (Å²) in [5.74, 6) is 1.97. The van der Waals surface area contributed by atoms with Crippen LogP contribution in [0.4, 0.5) is 0 Å². The van der Waals surface area contributed by atoms with Gasteiger partial charge in [0.05, 0.1) is 12.5 Å². The molecule has 1 aromatic carbocycles. The van der Waals surface area contributed by atoms with E-state index in [2.05, 4.69) is 15.4 Å². The van der Waals surface area contributed by atoms with Crippen molar-refractivity contribution in [3.8, 4) is 17.4 Å². The zero-order valence-electron chi connectivity index (χ0n) is 17.7. The Morgan fingerprint density at radius 1 is 1.27 bits per heavy atom. The highest BCUT2D eigenvalue weighted by Gasteiger charge is 2.19. The van der Waals surface area contributed by atoms with Gasteiger partial charge < -0.3 is 19.5 Å². The molecule has 0 saturated carbocycles. The molecule has 8 nitrogen and oxygen atoms in total. The number of ether oxygens (including phenoxy) is 3. The molecule has 1 amide bonds. The van der Waals surface area contributed by atoms with E-state index in [0.717, 1.165) is 39.2 Å². The summed E-state index contributed by atoms with van der Waals surface area (Å²) < 4.78 is 18.4. The number of nitrogens with one attached hydrogen (secondary N) is 1. The van der Waals surface area contributed by atoms with Crippen LogP contribution in [0.5, 0.6) is 17.4 Å². The van der Waals surface area contributed by atoms with Gasteiger partial charge in [-0.2, -0.15) is 0 Å². The molecule has 0 fully saturated rings. The van der Waals surface area contributed by atoms with E-state index in [0.29, 0.717) is 44.2 Å². The van der Waals surface area contributed by atoms with Crippen molar-refractivity contribution in [1.82, 2.24) is 20.1 Å². The number of para-hydroxylation sites is 1. The maximum atomic E-state index is 12.5. The molecule has 0 aliphatic carbocycles. The lowest BCUT2D eigenvalue weighted by molar-refractivity contribution is -0.121. The standard InChI is InChI=1S/C22H26N4O4/c1-13-16(14(2)24-21-19(13)22(28-4)25-26(21)3)8-9-18(27)23-12-15-6-5-7-17-20(15)30-11-10-29-17/h5-7H,8-12H2,1-4H3,(H,23,27). The minimum atomic E-state index is -0.0265. The van der Waals surface area contributed by atoms with Gasteiger partial charge in [-0.25, -0.2) is 9.67 Å². The van der Waals surface area contributed by atoms with Gasteiger partial charge in [0.1, 0.15) is 13.2 Å². The van der Waals surface area contributed by atoms with Gasteiger partial charge in [-0.05, 0) is 37.5 Å². The molecule has 158 valence electrons. The van der Waals surface area contributed by atoms with Crippen LogP contribution >= 0.6 is 0 Å². The summed E-state index contributed by atoms with van der Waals surface area (Å²) in [4.78, 5) is 17.2. The van der Waals surface area contributed by atoms with Crippen LogP contribution in [0, 0.1) is 13.8 Å². The van der Waals surface area contributed by atoms with Crippen molar-refractivity contribution in [2.24, 2.45) is 7.05 Å². The molecule has 0 radical (unpaired) electrons. The van der Waals surface area contributed by atoms with Crippen LogP contribution < -0.4 is 19.5 Å². The highest BCUT2D eigenvalue weighted by molar-refractivity contribution is 5.86. The summed E-state index contributed by atoms with van der Waals surface area (Å²) >= 11 is 0. The van der Waals surface area contributed by atoms with Gasteiger partial charge in [0.15, 0.2) is 17.1 Å². The van der Waals surface area contributed by atoms with Crippen molar-refractivity contribution in [2.75, 3.05) is 20.3 Å². The first kappa shape index (κ1) is 20.0. The highest BCUT2D eigenvalue weighted by atomic mass is 16.6. The van der Waals surface area contributed by atoms with Gasteiger partial charge in [0, 0.05) is 31.3 Å². The Labute approximate surface area is 175 Å². The summed E-state index contributed by atoms with van der Waals surface area (Å²) in [5, 5.41) is 8.26. The molecule has 2 aromatic heterocycles. The van der Waals surface area contributed by atoms with Gasteiger partial charge >= 0.3 is 0 Å². The summed E-state index contributed by atoms with van der Waals surface area (Å²) in [6, 6.07) is 5.72. The molecule has 0 unspecified atom stereocenters. The predicted octanol–water partition coefficient (Wildman–Crippen LogP) is 2.61. The summed E-state index contributed by atoms with van der Waals surface area (Å²) in [5.41, 5.74) is 4.71. The Morgan fingerprint density at radius 2 is 2.07 bits per heavy atom. The molecule has 0 bridgehead atoms. The van der Waals surface area contributed by atoms with E-state index >= 15 is 0 Å². The minimum Gasteiger partial charge on any atom is -0.486 e. The topological polar surface area (TPSA) is 87.5 Å². The number of carbonyl (C=O) groups is 1. The fraction of sp³-hybridized carbons (Fsp3) is 0.409. The van der Waals surface area contributed by atoms with Crippen molar-refractivity contribution >= 4 is 16.9 Å². The number of carbonyl (C=O) groups excluding carboxylic acids is 1. The molecule has 1 aliphatic rings. The maximum absolute atomic E-state index is 12.5. The van der Waals surface area contributed by atoms with E-state index in [-0.39, 0.29) is 5.91 Å². The number of amides is 1. The Bertz CT molecular complexity index is 1110. The van der Waals surface area contributed by atoms with Crippen LogP contribution in [-0.4, -0.2) is 41.0 Å². The largest absolute Gasteiger partial charge is 0.486 e. The number of benzene rings is 1. The fourth-order valence-corrected chi connectivity index (χ4v) is 3.90. The number of hydrogen-bond donors (Lipinski definition) is 1. The molecule has 3 aromatic rings.